The number of rotatable bonds is 11. The molecule has 1 heterocycles. The van der Waals surface area contributed by atoms with E-state index in [-0.39, 0.29) is 18.4 Å². The minimum Gasteiger partial charge on any atom is -0.490 e. The second-order valence-corrected chi connectivity index (χ2v) is 7.92. The third-order valence-corrected chi connectivity index (χ3v) is 5.56. The number of hydrogen-bond acceptors (Lipinski definition) is 5. The Morgan fingerprint density at radius 1 is 1.06 bits per heavy atom. The van der Waals surface area contributed by atoms with Crippen molar-refractivity contribution in [3.05, 3.63) is 59.7 Å². The first-order chi connectivity index (χ1) is 16.4. The molecule has 1 N–H and O–H groups in total. The fraction of sp³-hybridized carbons (Fsp3) is 0.480. The molecule has 0 aromatic heterocycles. The number of hydrogen-bond donors (Lipinski definition) is 1. The molecule has 0 spiro atoms. The minimum absolute atomic E-state index is 0.133. The summed E-state index contributed by atoms with van der Waals surface area (Å²) >= 11 is 0. The summed E-state index contributed by atoms with van der Waals surface area (Å²) in [7, 11) is 0. The number of amides is 1. The van der Waals surface area contributed by atoms with Crippen LogP contribution in [-0.4, -0.2) is 56.9 Å². The van der Waals surface area contributed by atoms with E-state index in [0.29, 0.717) is 64.0 Å². The number of carbonyl (C=O) groups is 1. The molecular weight excluding hydrogens is 449 g/mol. The van der Waals surface area contributed by atoms with E-state index in [9.17, 15) is 18.0 Å². The fourth-order valence-corrected chi connectivity index (χ4v) is 3.80. The van der Waals surface area contributed by atoms with Gasteiger partial charge in [0.1, 0.15) is 0 Å². The summed E-state index contributed by atoms with van der Waals surface area (Å²) in [5.41, 5.74) is 0.0398. The van der Waals surface area contributed by atoms with Crippen LogP contribution < -0.4 is 14.8 Å². The number of nitrogens with one attached hydrogen (secondary N) is 1. The van der Waals surface area contributed by atoms with Crippen molar-refractivity contribution >= 4 is 5.91 Å². The number of morpholine rings is 1. The second-order valence-electron chi connectivity index (χ2n) is 7.92. The van der Waals surface area contributed by atoms with E-state index in [2.05, 4.69) is 10.2 Å². The van der Waals surface area contributed by atoms with E-state index in [1.165, 1.54) is 12.1 Å². The highest BCUT2D eigenvalue weighted by Gasteiger charge is 2.31. The van der Waals surface area contributed by atoms with Crippen LogP contribution in [0.15, 0.2) is 48.5 Å². The van der Waals surface area contributed by atoms with Crippen LogP contribution in [0.2, 0.25) is 0 Å². The van der Waals surface area contributed by atoms with Crippen LogP contribution >= 0.6 is 0 Å². The molecule has 1 amide bonds. The minimum atomic E-state index is -4.38. The maximum absolute atomic E-state index is 12.9. The summed E-state index contributed by atoms with van der Waals surface area (Å²) in [6, 6.07) is 12.3. The Morgan fingerprint density at radius 2 is 1.71 bits per heavy atom. The maximum atomic E-state index is 12.9. The van der Waals surface area contributed by atoms with Gasteiger partial charge >= 0.3 is 6.18 Å². The van der Waals surface area contributed by atoms with E-state index in [4.69, 9.17) is 14.2 Å². The molecule has 186 valence electrons. The summed E-state index contributed by atoms with van der Waals surface area (Å²) < 4.78 is 55.5. The summed E-state index contributed by atoms with van der Waals surface area (Å²) in [6.45, 7) is 5.49. The molecule has 9 heteroatoms. The van der Waals surface area contributed by atoms with Crippen LogP contribution in [0.4, 0.5) is 13.2 Å². The lowest BCUT2D eigenvalue weighted by molar-refractivity contribution is -0.137. The molecule has 0 saturated carbocycles. The van der Waals surface area contributed by atoms with Crippen LogP contribution in [-0.2, 0) is 15.7 Å². The Balaban J connectivity index is 1.52. The van der Waals surface area contributed by atoms with Gasteiger partial charge in [0, 0.05) is 26.1 Å². The van der Waals surface area contributed by atoms with Gasteiger partial charge in [-0.3, -0.25) is 9.69 Å². The molecule has 1 fully saturated rings. The highest BCUT2D eigenvalue weighted by atomic mass is 19.4. The van der Waals surface area contributed by atoms with E-state index in [1.54, 1.807) is 0 Å². The summed E-state index contributed by atoms with van der Waals surface area (Å²) in [5, 5.41) is 2.93. The van der Waals surface area contributed by atoms with Gasteiger partial charge in [-0.15, -0.1) is 0 Å². The molecule has 6 nitrogen and oxygen atoms in total. The molecule has 1 aliphatic rings. The van der Waals surface area contributed by atoms with Gasteiger partial charge in [0.25, 0.3) is 0 Å². The number of alkyl halides is 3. The number of carbonyl (C=O) groups excluding carboxylic acids is 1. The predicted molar refractivity (Wildman–Crippen MR) is 122 cm³/mol. The van der Waals surface area contributed by atoms with Gasteiger partial charge in [0.05, 0.1) is 38.0 Å². The van der Waals surface area contributed by atoms with Gasteiger partial charge in [-0.2, -0.15) is 13.2 Å². The zero-order valence-corrected chi connectivity index (χ0v) is 19.3. The first-order valence-corrected chi connectivity index (χ1v) is 11.5. The monoisotopic (exact) mass is 480 g/mol. The van der Waals surface area contributed by atoms with Gasteiger partial charge in [-0.05, 0) is 43.2 Å². The van der Waals surface area contributed by atoms with Crippen molar-refractivity contribution in [3.8, 4) is 11.5 Å². The van der Waals surface area contributed by atoms with Gasteiger partial charge < -0.3 is 19.5 Å². The van der Waals surface area contributed by atoms with Crippen molar-refractivity contribution in [2.24, 2.45) is 0 Å². The molecule has 2 aromatic carbocycles. The van der Waals surface area contributed by atoms with E-state index in [1.807, 2.05) is 31.2 Å². The Labute approximate surface area is 198 Å². The second kappa shape index (κ2) is 12.6. The fourth-order valence-electron chi connectivity index (χ4n) is 3.80. The molecule has 1 aliphatic heterocycles. The number of nitrogens with zero attached hydrogens (tertiary/aromatic N) is 1. The smallest absolute Gasteiger partial charge is 0.416 e. The van der Waals surface area contributed by atoms with Crippen molar-refractivity contribution in [1.82, 2.24) is 10.2 Å². The van der Waals surface area contributed by atoms with Crippen LogP contribution in [0.25, 0.3) is 0 Å². The molecular formula is C25H31F3N2O4. The predicted octanol–water partition coefficient (Wildman–Crippen LogP) is 4.45. The number of ether oxygens (including phenoxy) is 3. The lowest BCUT2D eigenvalue weighted by Crippen LogP contribution is -2.43. The largest absolute Gasteiger partial charge is 0.490 e. The topological polar surface area (TPSA) is 60.0 Å². The molecule has 1 unspecified atom stereocenters. The first kappa shape index (κ1) is 25.8. The van der Waals surface area contributed by atoms with Crippen LogP contribution in [0, 0.1) is 0 Å². The molecule has 0 aliphatic carbocycles. The Hall–Kier alpha value is -2.78. The summed E-state index contributed by atoms with van der Waals surface area (Å²) in [6.07, 6.45) is -3.58. The SMILES string of the molecule is CCOc1ccccc1OCCCC(=O)NCC(c1ccc(C(F)(F)F)cc1)N1CCOCC1. The highest BCUT2D eigenvalue weighted by Crippen LogP contribution is 2.31. The van der Waals surface area contributed by atoms with Crippen LogP contribution in [0.5, 0.6) is 11.5 Å². The number of benzene rings is 2. The zero-order chi connectivity index (χ0) is 24.4. The normalized spacial score (nSPS) is 15.5. The molecule has 3 rings (SSSR count). The Morgan fingerprint density at radius 3 is 2.32 bits per heavy atom. The highest BCUT2D eigenvalue weighted by molar-refractivity contribution is 5.75. The van der Waals surface area contributed by atoms with Gasteiger partial charge in [0.2, 0.25) is 5.91 Å². The Bertz CT molecular complexity index is 900. The van der Waals surface area contributed by atoms with E-state index < -0.39 is 11.7 Å². The van der Waals surface area contributed by atoms with Gasteiger partial charge in [0.15, 0.2) is 11.5 Å². The lowest BCUT2D eigenvalue weighted by Gasteiger charge is -2.35. The molecule has 2 aromatic rings. The number of para-hydroxylation sites is 2. The molecule has 0 radical (unpaired) electrons. The summed E-state index contributed by atoms with van der Waals surface area (Å²) in [5.74, 6) is 1.17. The van der Waals surface area contributed by atoms with E-state index in [0.717, 1.165) is 17.7 Å². The quantitative estimate of drug-likeness (QED) is 0.482. The average molecular weight is 481 g/mol. The third-order valence-electron chi connectivity index (χ3n) is 5.56. The van der Waals surface area contributed by atoms with Crippen molar-refractivity contribution in [1.29, 1.82) is 0 Å². The molecule has 1 atom stereocenters. The van der Waals surface area contributed by atoms with Crippen LogP contribution in [0.3, 0.4) is 0 Å². The van der Waals surface area contributed by atoms with Crippen molar-refractivity contribution in [2.75, 3.05) is 46.1 Å². The molecule has 1 saturated heterocycles. The first-order valence-electron chi connectivity index (χ1n) is 11.5. The van der Waals surface area contributed by atoms with Gasteiger partial charge in [-0.1, -0.05) is 24.3 Å². The average Bonchev–Trinajstić information content (AvgIpc) is 2.83. The Kier molecular flexibility index (Phi) is 9.59. The lowest BCUT2D eigenvalue weighted by atomic mass is 10.0. The third kappa shape index (κ3) is 7.63. The van der Waals surface area contributed by atoms with Crippen molar-refractivity contribution in [3.63, 3.8) is 0 Å². The molecule has 34 heavy (non-hydrogen) atoms. The van der Waals surface area contributed by atoms with E-state index >= 15 is 0 Å². The maximum Gasteiger partial charge on any atom is 0.416 e. The molecule has 0 bridgehead atoms. The number of halogens is 3. The standard InChI is InChI=1S/C25H31F3N2O4/c1-2-33-22-6-3-4-7-23(22)34-15-5-8-24(31)29-18-21(30-13-16-32-17-14-30)19-9-11-20(12-10-19)25(26,27)28/h3-4,6-7,9-12,21H,2,5,8,13-18H2,1H3,(H,29,31). The van der Waals surface area contributed by atoms with Crippen molar-refractivity contribution < 1.29 is 32.2 Å². The summed E-state index contributed by atoms with van der Waals surface area (Å²) in [4.78, 5) is 14.6. The van der Waals surface area contributed by atoms with Crippen molar-refractivity contribution in [2.45, 2.75) is 32.0 Å². The van der Waals surface area contributed by atoms with Crippen LogP contribution in [0.1, 0.15) is 36.9 Å². The van der Waals surface area contributed by atoms with Gasteiger partial charge in [-0.25, -0.2) is 0 Å². The zero-order valence-electron chi connectivity index (χ0n) is 19.3.